The highest BCUT2D eigenvalue weighted by atomic mass is 16.2. The van der Waals surface area contributed by atoms with Crippen molar-refractivity contribution in [3.05, 3.63) is 95.8 Å². The lowest BCUT2D eigenvalue weighted by molar-refractivity contribution is -0.142. The average molecular weight is 885 g/mol. The van der Waals surface area contributed by atoms with Gasteiger partial charge >= 0.3 is 0 Å². The van der Waals surface area contributed by atoms with Gasteiger partial charge in [-0.15, -0.1) is 0 Å². The summed E-state index contributed by atoms with van der Waals surface area (Å²) in [4.78, 5) is 84.3. The molecular formula is C48H72N10O6. The zero-order valence-corrected chi connectivity index (χ0v) is 39.2. The minimum absolute atomic E-state index is 0.0152. The molecule has 9 atom stereocenters. The summed E-state index contributed by atoms with van der Waals surface area (Å²) < 4.78 is 0. The van der Waals surface area contributed by atoms with Gasteiger partial charge in [-0.2, -0.15) is 0 Å². The second-order valence-corrected chi connectivity index (χ2v) is 17.6. The van der Waals surface area contributed by atoms with Gasteiger partial charge in [0, 0.05) is 60.3 Å². The van der Waals surface area contributed by atoms with Crippen molar-refractivity contribution in [2.45, 2.75) is 122 Å². The Morgan fingerprint density at radius 3 is 1.75 bits per heavy atom. The second-order valence-electron chi connectivity index (χ2n) is 17.6. The van der Waals surface area contributed by atoms with Gasteiger partial charge in [-0.25, -0.2) is 0 Å². The van der Waals surface area contributed by atoms with E-state index in [-0.39, 0.29) is 79.1 Å². The van der Waals surface area contributed by atoms with E-state index in [4.69, 9.17) is 0 Å². The third-order valence-corrected chi connectivity index (χ3v) is 12.4. The molecule has 6 amide bonds. The van der Waals surface area contributed by atoms with Crippen LogP contribution in [0.4, 0.5) is 0 Å². The molecule has 2 aliphatic rings. The Kier molecular flexibility index (Phi) is 18.9. The number of nitrogens with zero attached hydrogens (tertiary/aromatic N) is 2. The number of benzene rings is 2. The molecule has 0 bridgehead atoms. The van der Waals surface area contributed by atoms with E-state index in [9.17, 15) is 28.8 Å². The number of likely N-dealkylation sites (tertiary alicyclic amines) is 2. The molecule has 2 saturated heterocycles. The first kappa shape index (κ1) is 50.9. The quantitative estimate of drug-likeness (QED) is 0.0868. The van der Waals surface area contributed by atoms with Crippen LogP contribution in [0.2, 0.25) is 0 Å². The van der Waals surface area contributed by atoms with Gasteiger partial charge in [0.15, 0.2) is 0 Å². The minimum atomic E-state index is -0.896. The molecule has 64 heavy (non-hydrogen) atoms. The van der Waals surface area contributed by atoms with Crippen LogP contribution in [0.25, 0.3) is 0 Å². The lowest BCUT2D eigenvalue weighted by Crippen LogP contribution is -2.57. The van der Waals surface area contributed by atoms with Crippen molar-refractivity contribution in [3.8, 4) is 0 Å². The number of nitrogens with one attached hydrogen (secondary N) is 8. The van der Waals surface area contributed by atoms with Gasteiger partial charge in [-0.3, -0.25) is 28.8 Å². The molecule has 0 radical (unpaired) electrons. The van der Waals surface area contributed by atoms with Crippen molar-refractivity contribution >= 4 is 35.4 Å². The SMILES string of the molecule is C=C(N[C@H](C)CC)[C@@H]1C[C@H](NC(=O)c2ccc(C(=O)N[C@H]3C[C@@H](C(=O)NC[C@H](C)c4ccccc4)N(C(=O)[C@@H](NC(=O)[C@H](C)NC)C(C)C)C3)cc2)CN1C(=C)CNC(=O)[C@H](C)NC. The molecule has 2 aromatic carbocycles. The van der Waals surface area contributed by atoms with E-state index in [2.05, 4.69) is 74.4 Å². The molecule has 0 aromatic heterocycles. The van der Waals surface area contributed by atoms with E-state index >= 15 is 0 Å². The van der Waals surface area contributed by atoms with E-state index in [1.54, 1.807) is 52.2 Å². The Bertz CT molecular complexity index is 1960. The van der Waals surface area contributed by atoms with E-state index in [0.29, 0.717) is 36.3 Å². The summed E-state index contributed by atoms with van der Waals surface area (Å²) in [5.74, 6) is -2.23. The Balaban J connectivity index is 1.44. The fourth-order valence-corrected chi connectivity index (χ4v) is 7.83. The van der Waals surface area contributed by atoms with Crippen LogP contribution in [0.3, 0.4) is 0 Å². The van der Waals surface area contributed by atoms with Crippen molar-refractivity contribution in [1.82, 2.24) is 52.3 Å². The van der Waals surface area contributed by atoms with Gasteiger partial charge < -0.3 is 52.3 Å². The smallest absolute Gasteiger partial charge is 0.251 e. The molecule has 4 rings (SSSR count). The Labute approximate surface area is 379 Å². The maximum atomic E-state index is 14.2. The van der Waals surface area contributed by atoms with Crippen LogP contribution >= 0.6 is 0 Å². The fourth-order valence-electron chi connectivity index (χ4n) is 7.83. The lowest BCUT2D eigenvalue weighted by atomic mass is 10.0. The maximum absolute atomic E-state index is 14.2. The van der Waals surface area contributed by atoms with Crippen molar-refractivity contribution in [3.63, 3.8) is 0 Å². The van der Waals surface area contributed by atoms with Crippen LogP contribution in [0.1, 0.15) is 99.9 Å². The Hall–Kier alpha value is -5.74. The van der Waals surface area contributed by atoms with Crippen molar-refractivity contribution in [2.75, 3.05) is 40.3 Å². The Morgan fingerprint density at radius 2 is 1.22 bits per heavy atom. The van der Waals surface area contributed by atoms with E-state index < -0.39 is 36.0 Å². The van der Waals surface area contributed by atoms with Gasteiger partial charge in [-0.05, 0) is 95.8 Å². The van der Waals surface area contributed by atoms with Crippen molar-refractivity contribution in [1.29, 1.82) is 0 Å². The van der Waals surface area contributed by atoms with Crippen LogP contribution in [-0.2, 0) is 19.2 Å². The molecular weight excluding hydrogens is 813 g/mol. The standard InChI is InChI=1S/C48H72N10O6/c1-12-30(5)53-32(7)40-22-38(26-57(40)31(6)25-52-43(59)33(8)49-10)54-45(61)36-18-20-37(21-19-36)46(62)55-39-23-41(47(63)51-24-29(4)35-16-14-13-15-17-35)58(27-39)48(64)42(28(2)3)56-44(60)34(9)50-11/h13-21,28-30,33-34,38-42,49-50,53H,6-7,12,22-27H2,1-5,8-11H3,(H,51,63)(H,52,59)(H,54,61)(H,55,62)(H,56,60)/t29-,30+,33-,34-,38-,39-,40-,41-,42-/m0/s1. The van der Waals surface area contributed by atoms with E-state index in [0.717, 1.165) is 17.7 Å². The number of likely N-dealkylation sites (N-methyl/N-ethyl adjacent to an activating group) is 2. The molecule has 2 fully saturated rings. The van der Waals surface area contributed by atoms with Crippen molar-refractivity contribution < 1.29 is 28.8 Å². The van der Waals surface area contributed by atoms with Crippen LogP contribution < -0.4 is 42.5 Å². The second kappa shape index (κ2) is 23.8. The molecule has 16 nitrogen and oxygen atoms in total. The molecule has 0 spiro atoms. The number of hydrogen-bond acceptors (Lipinski definition) is 10. The fraction of sp³-hybridized carbons (Fsp3) is 0.542. The molecule has 2 aromatic rings. The predicted molar refractivity (Wildman–Crippen MR) is 250 cm³/mol. The molecule has 8 N–H and O–H groups in total. The zero-order valence-electron chi connectivity index (χ0n) is 39.2. The van der Waals surface area contributed by atoms with Crippen molar-refractivity contribution in [2.24, 2.45) is 5.92 Å². The summed E-state index contributed by atoms with van der Waals surface area (Å²) in [5, 5.41) is 24.2. The van der Waals surface area contributed by atoms with Crippen LogP contribution in [-0.4, -0.2) is 134 Å². The molecule has 0 saturated carbocycles. The largest absolute Gasteiger partial charge is 0.385 e. The van der Waals surface area contributed by atoms with Crippen LogP contribution in [0.5, 0.6) is 0 Å². The van der Waals surface area contributed by atoms with Gasteiger partial charge in [0.05, 0.1) is 24.7 Å². The van der Waals surface area contributed by atoms with Gasteiger partial charge in [0.2, 0.25) is 23.6 Å². The highest BCUT2D eigenvalue weighted by Gasteiger charge is 2.43. The van der Waals surface area contributed by atoms with Gasteiger partial charge in [0.25, 0.3) is 11.8 Å². The topological polar surface area (TPSA) is 205 Å². The molecule has 0 aliphatic carbocycles. The van der Waals surface area contributed by atoms with Crippen LogP contribution in [0.15, 0.2) is 79.1 Å². The molecule has 350 valence electrons. The summed E-state index contributed by atoms with van der Waals surface area (Å²) in [6.45, 7) is 23.0. The van der Waals surface area contributed by atoms with Gasteiger partial charge in [-0.1, -0.05) is 71.2 Å². The maximum Gasteiger partial charge on any atom is 0.251 e. The van der Waals surface area contributed by atoms with E-state index in [1.165, 1.54) is 4.90 Å². The first-order valence-corrected chi connectivity index (χ1v) is 22.6. The van der Waals surface area contributed by atoms with Gasteiger partial charge in [0.1, 0.15) is 12.1 Å². The molecule has 16 heteroatoms. The van der Waals surface area contributed by atoms with E-state index in [1.807, 2.05) is 51.1 Å². The summed E-state index contributed by atoms with van der Waals surface area (Å²) in [5.41, 5.74) is 3.24. The highest BCUT2D eigenvalue weighted by Crippen LogP contribution is 2.27. The normalized spacial score (nSPS) is 20.6. The van der Waals surface area contributed by atoms with Crippen LogP contribution in [0, 0.1) is 5.92 Å². The average Bonchev–Trinajstić information content (AvgIpc) is 3.92. The lowest BCUT2D eigenvalue weighted by Gasteiger charge is -2.31. The molecule has 2 aliphatic heterocycles. The number of amides is 6. The highest BCUT2D eigenvalue weighted by molar-refractivity contribution is 5.98. The number of carbonyl (C=O) groups excluding carboxylic acids is 6. The third-order valence-electron chi connectivity index (χ3n) is 12.4. The summed E-state index contributed by atoms with van der Waals surface area (Å²) in [6.07, 6.45) is 1.64. The molecule has 0 unspecified atom stereocenters. The monoisotopic (exact) mass is 885 g/mol. The summed E-state index contributed by atoms with van der Waals surface area (Å²) in [6, 6.07) is 12.6. The summed E-state index contributed by atoms with van der Waals surface area (Å²) >= 11 is 0. The first-order valence-electron chi connectivity index (χ1n) is 22.6. The zero-order chi connectivity index (χ0) is 47.2. The summed E-state index contributed by atoms with van der Waals surface area (Å²) in [7, 11) is 3.38. The predicted octanol–water partition coefficient (Wildman–Crippen LogP) is 2.37. The Morgan fingerprint density at radius 1 is 0.688 bits per heavy atom. The third kappa shape index (κ3) is 13.6. The molecule has 2 heterocycles. The number of rotatable bonds is 22. The minimum Gasteiger partial charge on any atom is -0.385 e. The number of carbonyl (C=O) groups is 6. The first-order chi connectivity index (χ1) is 30.4. The number of hydrogen-bond donors (Lipinski definition) is 8.